The number of halogens is 1. The van der Waals surface area contributed by atoms with Crippen molar-refractivity contribution in [3.8, 4) is 5.75 Å². The van der Waals surface area contributed by atoms with Crippen LogP contribution in [0, 0.1) is 0 Å². The summed E-state index contributed by atoms with van der Waals surface area (Å²) in [5.41, 5.74) is -0.144. The second-order valence-electron chi connectivity index (χ2n) is 3.12. The first-order chi connectivity index (χ1) is 6.66. The average molecular weight is 214 g/mol. The Kier molecular flexibility index (Phi) is 2.29. The predicted molar refractivity (Wildman–Crippen MR) is 49.9 cm³/mol. The summed E-state index contributed by atoms with van der Waals surface area (Å²) in [6, 6.07) is 1.48. The summed E-state index contributed by atoms with van der Waals surface area (Å²) < 4.78 is 5.40. The molecule has 2 rings (SSSR count). The fourth-order valence-electron chi connectivity index (χ4n) is 1.02. The Morgan fingerprint density at radius 1 is 1.64 bits per heavy atom. The van der Waals surface area contributed by atoms with Gasteiger partial charge in [0.25, 0.3) is 0 Å². The summed E-state index contributed by atoms with van der Waals surface area (Å²) >= 11 is 5.70. The molecule has 0 aliphatic heterocycles. The molecule has 0 saturated heterocycles. The number of carboxylic acids is 1. The van der Waals surface area contributed by atoms with Crippen molar-refractivity contribution in [2.75, 3.05) is 0 Å². The summed E-state index contributed by atoms with van der Waals surface area (Å²) in [5.74, 6) is -0.601. The van der Waals surface area contributed by atoms with Crippen molar-refractivity contribution in [2.24, 2.45) is 0 Å². The molecule has 14 heavy (non-hydrogen) atoms. The van der Waals surface area contributed by atoms with Crippen LogP contribution in [0.25, 0.3) is 0 Å². The lowest BCUT2D eigenvalue weighted by atomic mass is 10.3. The number of carboxylic acid groups (broad SMARTS) is 1. The second kappa shape index (κ2) is 3.46. The Morgan fingerprint density at radius 3 is 2.86 bits per heavy atom. The highest BCUT2D eigenvalue weighted by Crippen LogP contribution is 2.28. The van der Waals surface area contributed by atoms with Crippen molar-refractivity contribution in [1.82, 2.24) is 4.98 Å². The number of aromatic nitrogens is 1. The van der Waals surface area contributed by atoms with Crippen molar-refractivity contribution < 1.29 is 14.6 Å². The molecule has 1 fully saturated rings. The van der Waals surface area contributed by atoms with Crippen LogP contribution < -0.4 is 4.74 Å². The first-order valence-electron chi connectivity index (χ1n) is 4.22. The van der Waals surface area contributed by atoms with E-state index in [0.29, 0.717) is 5.75 Å². The molecule has 0 aromatic carbocycles. The normalized spacial score (nSPS) is 15.2. The van der Waals surface area contributed by atoms with E-state index in [1.165, 1.54) is 12.3 Å². The lowest BCUT2D eigenvalue weighted by Crippen LogP contribution is -2.03. The van der Waals surface area contributed by atoms with Gasteiger partial charge in [-0.2, -0.15) is 0 Å². The molecule has 1 aliphatic rings. The van der Waals surface area contributed by atoms with Crippen molar-refractivity contribution in [3.63, 3.8) is 0 Å². The number of hydrogen-bond acceptors (Lipinski definition) is 3. The molecule has 0 amide bonds. The Hall–Kier alpha value is -1.29. The van der Waals surface area contributed by atoms with Gasteiger partial charge >= 0.3 is 5.97 Å². The van der Waals surface area contributed by atoms with Crippen LogP contribution in [0.2, 0.25) is 5.02 Å². The van der Waals surface area contributed by atoms with Crippen LogP contribution in [-0.2, 0) is 0 Å². The van der Waals surface area contributed by atoms with Gasteiger partial charge in [0.05, 0.1) is 17.3 Å². The number of aromatic carboxylic acids is 1. The zero-order valence-corrected chi connectivity index (χ0v) is 7.99. The van der Waals surface area contributed by atoms with Crippen LogP contribution >= 0.6 is 11.6 Å². The second-order valence-corrected chi connectivity index (χ2v) is 3.53. The van der Waals surface area contributed by atoms with E-state index in [1.54, 1.807) is 0 Å². The Balaban J connectivity index is 2.20. The van der Waals surface area contributed by atoms with E-state index in [0.717, 1.165) is 12.8 Å². The Labute approximate surface area is 85.5 Å². The molecule has 0 unspecified atom stereocenters. The van der Waals surface area contributed by atoms with Gasteiger partial charge in [0.2, 0.25) is 0 Å². The third kappa shape index (κ3) is 1.96. The van der Waals surface area contributed by atoms with Gasteiger partial charge < -0.3 is 9.84 Å². The van der Waals surface area contributed by atoms with Crippen LogP contribution in [0.3, 0.4) is 0 Å². The number of pyridine rings is 1. The van der Waals surface area contributed by atoms with E-state index < -0.39 is 5.97 Å². The predicted octanol–water partition coefficient (Wildman–Crippen LogP) is 1.97. The minimum absolute atomic E-state index is 0.107. The number of carbonyl (C=O) groups is 1. The molecule has 1 aromatic heterocycles. The van der Waals surface area contributed by atoms with Crippen LogP contribution in [0.4, 0.5) is 0 Å². The lowest BCUT2D eigenvalue weighted by molar-refractivity contribution is 0.0690. The fourth-order valence-corrected chi connectivity index (χ4v) is 1.26. The number of ether oxygens (including phenoxy) is 1. The first-order valence-corrected chi connectivity index (χ1v) is 4.60. The molecule has 74 valence electrons. The van der Waals surface area contributed by atoms with Gasteiger partial charge in [-0.15, -0.1) is 0 Å². The maximum Gasteiger partial charge on any atom is 0.356 e. The van der Waals surface area contributed by atoms with Gasteiger partial charge in [-0.25, -0.2) is 9.78 Å². The molecule has 1 aliphatic carbocycles. The third-order valence-electron chi connectivity index (χ3n) is 1.85. The summed E-state index contributed by atoms with van der Waals surface area (Å²) in [5, 5.41) is 8.77. The minimum atomic E-state index is -1.13. The van der Waals surface area contributed by atoms with Crippen molar-refractivity contribution in [1.29, 1.82) is 0 Å². The molecule has 0 radical (unpaired) electrons. The summed E-state index contributed by atoms with van der Waals surface area (Å²) in [6.45, 7) is 0. The van der Waals surface area contributed by atoms with Crippen molar-refractivity contribution >= 4 is 17.6 Å². The van der Waals surface area contributed by atoms with Gasteiger partial charge in [0.15, 0.2) is 5.69 Å². The van der Waals surface area contributed by atoms with Crippen LogP contribution in [0.15, 0.2) is 12.3 Å². The summed E-state index contributed by atoms with van der Waals surface area (Å²) in [4.78, 5) is 14.3. The maximum atomic E-state index is 10.6. The van der Waals surface area contributed by atoms with Crippen LogP contribution in [-0.4, -0.2) is 22.2 Å². The topological polar surface area (TPSA) is 59.4 Å². The molecule has 1 N–H and O–H groups in total. The smallest absolute Gasteiger partial charge is 0.356 e. The number of rotatable bonds is 3. The molecule has 0 atom stereocenters. The lowest BCUT2D eigenvalue weighted by Gasteiger charge is -2.04. The maximum absolute atomic E-state index is 10.6. The van der Waals surface area contributed by atoms with Gasteiger partial charge in [-0.1, -0.05) is 11.6 Å². The fraction of sp³-hybridized carbons (Fsp3) is 0.333. The molecular formula is C9H8ClNO3. The van der Waals surface area contributed by atoms with Crippen molar-refractivity contribution in [2.45, 2.75) is 18.9 Å². The monoisotopic (exact) mass is 213 g/mol. The summed E-state index contributed by atoms with van der Waals surface area (Å²) in [6.07, 6.45) is 3.72. The third-order valence-corrected chi connectivity index (χ3v) is 2.13. The van der Waals surface area contributed by atoms with E-state index in [1.807, 2.05) is 0 Å². The quantitative estimate of drug-likeness (QED) is 0.834. The van der Waals surface area contributed by atoms with Gasteiger partial charge in [-0.05, 0) is 12.8 Å². The first kappa shape index (κ1) is 9.27. The zero-order chi connectivity index (χ0) is 10.1. The molecule has 5 heteroatoms. The van der Waals surface area contributed by atoms with Crippen molar-refractivity contribution in [3.05, 3.63) is 23.0 Å². The SMILES string of the molecule is O=C(O)c1ncc(OC2CC2)cc1Cl. The van der Waals surface area contributed by atoms with Gasteiger partial charge in [0.1, 0.15) is 5.75 Å². The van der Waals surface area contributed by atoms with Gasteiger partial charge in [0, 0.05) is 6.07 Å². The number of hydrogen-bond donors (Lipinski definition) is 1. The van der Waals surface area contributed by atoms with Crippen LogP contribution in [0.5, 0.6) is 5.75 Å². The highest BCUT2D eigenvalue weighted by Gasteiger charge is 2.24. The highest BCUT2D eigenvalue weighted by atomic mass is 35.5. The highest BCUT2D eigenvalue weighted by molar-refractivity contribution is 6.33. The molecule has 0 spiro atoms. The standard InChI is InChI=1S/C9H8ClNO3/c10-7-3-6(14-5-1-2-5)4-11-8(7)9(12)13/h3-5H,1-2H2,(H,12,13). The molecule has 1 saturated carbocycles. The van der Waals surface area contributed by atoms with Gasteiger partial charge in [-0.3, -0.25) is 0 Å². The van der Waals surface area contributed by atoms with E-state index in [9.17, 15) is 4.79 Å². The van der Waals surface area contributed by atoms with E-state index in [-0.39, 0.29) is 16.8 Å². The molecule has 4 nitrogen and oxygen atoms in total. The zero-order valence-electron chi connectivity index (χ0n) is 7.24. The van der Waals surface area contributed by atoms with E-state index >= 15 is 0 Å². The molecule has 0 bridgehead atoms. The minimum Gasteiger partial charge on any atom is -0.489 e. The number of nitrogens with zero attached hydrogens (tertiary/aromatic N) is 1. The average Bonchev–Trinajstić information content (AvgIpc) is 2.87. The van der Waals surface area contributed by atoms with E-state index in [4.69, 9.17) is 21.4 Å². The Morgan fingerprint density at radius 2 is 2.36 bits per heavy atom. The molecule has 1 heterocycles. The van der Waals surface area contributed by atoms with E-state index in [2.05, 4.69) is 4.98 Å². The van der Waals surface area contributed by atoms with Crippen LogP contribution in [0.1, 0.15) is 23.3 Å². The largest absolute Gasteiger partial charge is 0.489 e. The Bertz CT molecular complexity index is 376. The molecular weight excluding hydrogens is 206 g/mol. The molecule has 1 aromatic rings. The summed E-state index contributed by atoms with van der Waals surface area (Å²) in [7, 11) is 0.